The maximum Gasteiger partial charge on any atom is 0.320 e. The molecular formula is C29H48ClN3O5. The van der Waals surface area contributed by atoms with E-state index in [9.17, 15) is 19.8 Å². The SMILES string of the molecule is CC(C)Cc1ccc([C@H](C)C(=O)[O-])cc1.CN[C@@H](C)[C@@H](O)c1ccccc1.Cl.N[C@@H](CCCC[NH3+])C(=O)O. The number of benzene rings is 2. The second kappa shape index (κ2) is 21.4. The van der Waals surface area contributed by atoms with E-state index < -0.39 is 30.0 Å². The first kappa shape index (κ1) is 37.7. The summed E-state index contributed by atoms with van der Waals surface area (Å²) in [6, 6.07) is 16.8. The van der Waals surface area contributed by atoms with Crippen molar-refractivity contribution in [2.45, 2.75) is 77.5 Å². The van der Waals surface area contributed by atoms with Crippen LogP contribution in [-0.4, -0.2) is 47.8 Å². The van der Waals surface area contributed by atoms with Crippen LogP contribution >= 0.6 is 12.4 Å². The number of carbonyl (C=O) groups is 2. The molecule has 9 heteroatoms. The number of unbranched alkanes of at least 4 members (excludes halogenated alkanes) is 1. The van der Waals surface area contributed by atoms with Gasteiger partial charge in [0.15, 0.2) is 0 Å². The first-order valence-electron chi connectivity index (χ1n) is 12.9. The minimum atomic E-state index is -1.02. The van der Waals surface area contributed by atoms with Crippen LogP contribution in [0.25, 0.3) is 0 Å². The normalized spacial score (nSPS) is 13.4. The van der Waals surface area contributed by atoms with Crippen molar-refractivity contribution in [2.24, 2.45) is 11.7 Å². The van der Waals surface area contributed by atoms with Crippen LogP contribution in [0, 0.1) is 5.92 Å². The quantitative estimate of drug-likeness (QED) is 0.252. The molecule has 2 aromatic rings. The molecule has 8 nitrogen and oxygen atoms in total. The average molecular weight is 554 g/mol. The lowest BCUT2D eigenvalue weighted by Gasteiger charge is -2.17. The third kappa shape index (κ3) is 16.4. The summed E-state index contributed by atoms with van der Waals surface area (Å²) in [7, 11) is 1.84. The Balaban J connectivity index is 0. The maximum atomic E-state index is 10.7. The lowest BCUT2D eigenvalue weighted by molar-refractivity contribution is -0.368. The number of aliphatic carboxylic acids is 2. The summed E-state index contributed by atoms with van der Waals surface area (Å²) in [4.78, 5) is 20.8. The van der Waals surface area contributed by atoms with Crippen molar-refractivity contribution in [1.29, 1.82) is 0 Å². The highest BCUT2D eigenvalue weighted by molar-refractivity contribution is 5.85. The first-order chi connectivity index (χ1) is 17.4. The van der Waals surface area contributed by atoms with E-state index in [-0.39, 0.29) is 18.4 Å². The van der Waals surface area contributed by atoms with Gasteiger partial charge in [-0.2, -0.15) is 0 Å². The summed E-state index contributed by atoms with van der Waals surface area (Å²) >= 11 is 0. The molecule has 216 valence electrons. The Morgan fingerprint density at radius 3 is 1.95 bits per heavy atom. The minimum absolute atomic E-state index is 0. The predicted octanol–water partition coefficient (Wildman–Crippen LogP) is 2.30. The molecule has 2 rings (SSSR count). The van der Waals surface area contributed by atoms with Crippen LogP contribution in [0.3, 0.4) is 0 Å². The molecule has 2 aromatic carbocycles. The molecule has 0 aliphatic rings. The van der Waals surface area contributed by atoms with E-state index in [0.717, 1.165) is 36.9 Å². The molecule has 0 aliphatic carbocycles. The Morgan fingerprint density at radius 2 is 1.53 bits per heavy atom. The second-order valence-corrected chi connectivity index (χ2v) is 9.61. The number of quaternary nitrogens is 1. The number of hydrogen-bond acceptors (Lipinski definition) is 6. The van der Waals surface area contributed by atoms with Crippen molar-refractivity contribution in [3.8, 4) is 0 Å². The highest BCUT2D eigenvalue weighted by Crippen LogP contribution is 2.17. The maximum absolute atomic E-state index is 10.7. The van der Waals surface area contributed by atoms with Crippen LogP contribution in [-0.2, 0) is 16.0 Å². The number of nitrogens with two attached hydrogens (primary N) is 1. The number of nitrogens with one attached hydrogen (secondary N) is 1. The average Bonchev–Trinajstić information content (AvgIpc) is 2.88. The van der Waals surface area contributed by atoms with Crippen LogP contribution in [0.4, 0.5) is 0 Å². The highest BCUT2D eigenvalue weighted by atomic mass is 35.5. The number of likely N-dealkylation sites (N-methyl/N-ethyl adjacent to an activating group) is 1. The zero-order chi connectivity index (χ0) is 28.4. The molecule has 0 fully saturated rings. The van der Waals surface area contributed by atoms with E-state index in [0.29, 0.717) is 12.3 Å². The van der Waals surface area contributed by atoms with Crippen LogP contribution in [0.2, 0.25) is 0 Å². The van der Waals surface area contributed by atoms with Gasteiger partial charge in [0, 0.05) is 17.9 Å². The molecule has 4 atom stereocenters. The van der Waals surface area contributed by atoms with Crippen molar-refractivity contribution in [3.05, 3.63) is 71.3 Å². The third-order valence-electron chi connectivity index (χ3n) is 5.88. The molecule has 0 bridgehead atoms. The summed E-state index contributed by atoms with van der Waals surface area (Å²) in [6.07, 6.45) is 2.99. The Morgan fingerprint density at radius 1 is 0.974 bits per heavy atom. The van der Waals surface area contributed by atoms with Gasteiger partial charge in [0.1, 0.15) is 6.04 Å². The minimum Gasteiger partial charge on any atom is -0.550 e. The zero-order valence-electron chi connectivity index (χ0n) is 23.4. The molecule has 0 unspecified atom stereocenters. The number of aliphatic hydroxyl groups is 1. The topological polar surface area (TPSA) is 163 Å². The van der Waals surface area contributed by atoms with Gasteiger partial charge in [0.2, 0.25) is 0 Å². The Labute approximate surface area is 234 Å². The second-order valence-electron chi connectivity index (χ2n) is 9.61. The smallest absolute Gasteiger partial charge is 0.320 e. The van der Waals surface area contributed by atoms with E-state index in [1.54, 1.807) is 6.92 Å². The van der Waals surface area contributed by atoms with E-state index in [1.807, 2.05) is 68.6 Å². The number of halogens is 1. The van der Waals surface area contributed by atoms with Gasteiger partial charge < -0.3 is 36.9 Å². The van der Waals surface area contributed by atoms with E-state index in [1.165, 1.54) is 5.56 Å². The molecular weight excluding hydrogens is 506 g/mol. The fourth-order valence-corrected chi connectivity index (χ4v) is 3.31. The van der Waals surface area contributed by atoms with E-state index >= 15 is 0 Å². The molecule has 0 heterocycles. The van der Waals surface area contributed by atoms with Gasteiger partial charge in [-0.25, -0.2) is 0 Å². The van der Waals surface area contributed by atoms with Crippen molar-refractivity contribution in [3.63, 3.8) is 0 Å². The number of aliphatic hydroxyl groups excluding tert-OH is 1. The molecule has 38 heavy (non-hydrogen) atoms. The van der Waals surface area contributed by atoms with Crippen molar-refractivity contribution in [1.82, 2.24) is 5.32 Å². The molecule has 0 saturated carbocycles. The lowest BCUT2D eigenvalue weighted by Crippen LogP contribution is -2.50. The lowest BCUT2D eigenvalue weighted by atomic mass is 9.97. The number of rotatable bonds is 12. The van der Waals surface area contributed by atoms with Gasteiger partial charge in [0.25, 0.3) is 0 Å². The number of carboxylic acids is 2. The Hall–Kier alpha value is -2.49. The standard InChI is InChI=1S/C13H18O2.C10H15NO.C6H14N2O2.ClH/c1-9(2)8-11-4-6-12(7-5-11)10(3)13(14)15;1-8(11-2)10(12)9-6-4-3-5-7-9;7-4-2-1-3-5(8)6(9)10;/h4-7,9-10H,8H2,1-3H3,(H,14,15);3-8,10-12H,1-2H3;5H,1-4,7-8H2,(H,9,10);1H/t10-;8-,10+;5-;/m000./s1. The summed E-state index contributed by atoms with van der Waals surface area (Å²) in [6.45, 7) is 8.78. The fourth-order valence-electron chi connectivity index (χ4n) is 3.31. The summed E-state index contributed by atoms with van der Waals surface area (Å²) in [5.74, 6) is -1.84. The molecule has 8 N–H and O–H groups in total. The first-order valence-corrected chi connectivity index (χ1v) is 12.9. The molecule has 0 amide bonds. The van der Waals surface area contributed by atoms with Gasteiger partial charge >= 0.3 is 5.97 Å². The van der Waals surface area contributed by atoms with Crippen molar-refractivity contribution < 1.29 is 30.6 Å². The van der Waals surface area contributed by atoms with Gasteiger partial charge in [-0.15, -0.1) is 12.4 Å². The number of hydrogen-bond donors (Lipinski definition) is 5. The Bertz CT molecular complexity index is 882. The monoisotopic (exact) mass is 553 g/mol. The predicted molar refractivity (Wildman–Crippen MR) is 153 cm³/mol. The molecule has 0 aliphatic heterocycles. The van der Waals surface area contributed by atoms with E-state index in [4.69, 9.17) is 10.8 Å². The molecule has 0 spiro atoms. The van der Waals surface area contributed by atoms with E-state index in [2.05, 4.69) is 24.9 Å². The van der Waals surface area contributed by atoms with Gasteiger partial charge in [0.05, 0.1) is 12.6 Å². The molecule has 0 saturated heterocycles. The molecule has 0 radical (unpaired) electrons. The third-order valence-corrected chi connectivity index (χ3v) is 5.88. The Kier molecular flexibility index (Phi) is 21.3. The molecule has 0 aromatic heterocycles. The van der Waals surface area contributed by atoms with Crippen LogP contribution in [0.5, 0.6) is 0 Å². The largest absolute Gasteiger partial charge is 0.550 e. The highest BCUT2D eigenvalue weighted by Gasteiger charge is 2.13. The van der Waals surface area contributed by atoms with Gasteiger partial charge in [-0.3, -0.25) is 4.79 Å². The fraction of sp³-hybridized carbons (Fsp3) is 0.517. The zero-order valence-corrected chi connectivity index (χ0v) is 24.2. The van der Waals surface area contributed by atoms with Crippen molar-refractivity contribution >= 4 is 24.3 Å². The summed E-state index contributed by atoms with van der Waals surface area (Å²) in [5.41, 5.74) is 11.9. The number of carboxylic acid groups (broad SMARTS) is 2. The van der Waals surface area contributed by atoms with Gasteiger partial charge in [-0.05, 0) is 62.3 Å². The summed E-state index contributed by atoms with van der Waals surface area (Å²) in [5, 5.41) is 31.7. The van der Waals surface area contributed by atoms with Gasteiger partial charge in [-0.1, -0.05) is 75.4 Å². The van der Waals surface area contributed by atoms with Crippen LogP contribution < -0.4 is 21.9 Å². The van der Waals surface area contributed by atoms with Crippen LogP contribution in [0.1, 0.15) is 75.7 Å². The van der Waals surface area contributed by atoms with Crippen LogP contribution in [0.15, 0.2) is 54.6 Å². The number of carbonyl (C=O) groups excluding carboxylic acids is 1. The summed E-state index contributed by atoms with van der Waals surface area (Å²) < 4.78 is 0. The van der Waals surface area contributed by atoms with Crippen molar-refractivity contribution in [2.75, 3.05) is 13.6 Å².